The summed E-state index contributed by atoms with van der Waals surface area (Å²) in [6.45, 7) is -0.0854. The second-order valence-corrected chi connectivity index (χ2v) is 7.90. The zero-order chi connectivity index (χ0) is 22.6. The quantitative estimate of drug-likeness (QED) is 0.591. The van der Waals surface area contributed by atoms with Crippen LogP contribution in [0.5, 0.6) is 0 Å². The van der Waals surface area contributed by atoms with Crippen molar-refractivity contribution in [2.24, 2.45) is 0 Å². The van der Waals surface area contributed by atoms with E-state index in [1.54, 1.807) is 0 Å². The van der Waals surface area contributed by atoms with Crippen LogP contribution in [0.3, 0.4) is 0 Å². The number of fused-ring (bicyclic) bond motifs is 1. The van der Waals surface area contributed by atoms with Crippen LogP contribution in [0.25, 0.3) is 5.65 Å². The van der Waals surface area contributed by atoms with Gasteiger partial charge in [-0.2, -0.15) is 5.10 Å². The second-order valence-electron chi connectivity index (χ2n) is 7.90. The molecular weight excluding hydrogens is 435 g/mol. The first kappa shape index (κ1) is 20.5. The number of aromatic nitrogens is 3. The van der Waals surface area contributed by atoms with E-state index in [1.807, 2.05) is 0 Å². The highest BCUT2D eigenvalue weighted by Crippen LogP contribution is 2.41. The molecule has 0 bridgehead atoms. The predicted molar refractivity (Wildman–Crippen MR) is 104 cm³/mol. The fourth-order valence-corrected chi connectivity index (χ4v) is 3.90. The number of nitrogens with one attached hydrogen (secondary N) is 2. The smallest absolute Gasteiger partial charge is 0.319 e. The minimum Gasteiger partial charge on any atom is -0.346 e. The summed E-state index contributed by atoms with van der Waals surface area (Å²) in [7, 11) is 0. The highest BCUT2D eigenvalue weighted by Gasteiger charge is 2.58. The van der Waals surface area contributed by atoms with Gasteiger partial charge in [-0.3, -0.25) is 0 Å². The lowest BCUT2D eigenvalue weighted by molar-refractivity contribution is 0.108. The normalized spacial score (nSPS) is 24.0. The van der Waals surface area contributed by atoms with Crippen molar-refractivity contribution in [3.05, 3.63) is 53.9 Å². The molecule has 5 rings (SSSR count). The van der Waals surface area contributed by atoms with Gasteiger partial charge in [0.15, 0.2) is 5.65 Å². The van der Waals surface area contributed by atoms with Gasteiger partial charge in [0.1, 0.15) is 35.4 Å². The van der Waals surface area contributed by atoms with Crippen molar-refractivity contribution < 1.29 is 26.7 Å². The molecule has 2 amide bonds. The Morgan fingerprint density at radius 1 is 1.22 bits per heavy atom. The van der Waals surface area contributed by atoms with Crippen LogP contribution in [-0.4, -0.2) is 45.3 Å². The number of hydrogen-bond acceptors (Lipinski definition) is 4. The number of nitrogens with zero attached hydrogens (tertiary/aromatic N) is 4. The first-order valence-electron chi connectivity index (χ1n) is 9.86. The summed E-state index contributed by atoms with van der Waals surface area (Å²) in [6, 6.07) is 1.72. The molecule has 2 aromatic heterocycles. The Balaban J connectivity index is 1.43. The largest absolute Gasteiger partial charge is 0.346 e. The monoisotopic (exact) mass is 452 g/mol. The summed E-state index contributed by atoms with van der Waals surface area (Å²) >= 11 is 0. The van der Waals surface area contributed by atoms with Crippen molar-refractivity contribution in [1.29, 1.82) is 0 Å². The Morgan fingerprint density at radius 2 is 2.00 bits per heavy atom. The molecule has 0 spiro atoms. The summed E-state index contributed by atoms with van der Waals surface area (Å²) in [5.74, 6) is -3.94. The van der Waals surface area contributed by atoms with E-state index in [0.717, 1.165) is 18.2 Å². The van der Waals surface area contributed by atoms with Crippen molar-refractivity contribution in [1.82, 2.24) is 19.9 Å². The molecule has 1 saturated heterocycles. The van der Waals surface area contributed by atoms with E-state index < -0.39 is 48.3 Å². The first-order valence-corrected chi connectivity index (χ1v) is 9.86. The van der Waals surface area contributed by atoms with Crippen molar-refractivity contribution in [2.45, 2.75) is 37.0 Å². The number of rotatable bonds is 4. The Kier molecular flexibility index (Phi) is 4.68. The van der Waals surface area contributed by atoms with E-state index in [2.05, 4.69) is 20.7 Å². The molecule has 2 N–H and O–H groups in total. The minimum absolute atomic E-state index is 0.0171. The summed E-state index contributed by atoms with van der Waals surface area (Å²) < 4.78 is 69.7. The third-order valence-corrected chi connectivity index (χ3v) is 5.60. The minimum atomic E-state index is -2.91. The van der Waals surface area contributed by atoms with Crippen LogP contribution in [0.15, 0.2) is 36.7 Å². The van der Waals surface area contributed by atoms with Crippen LogP contribution in [0.1, 0.15) is 24.4 Å². The van der Waals surface area contributed by atoms with Crippen molar-refractivity contribution in [3.63, 3.8) is 0 Å². The lowest BCUT2D eigenvalue weighted by atomic mass is 10.0. The number of urea groups is 1. The molecule has 1 saturated carbocycles. The molecule has 2 aliphatic rings. The molecule has 1 aliphatic carbocycles. The molecule has 168 valence electrons. The Hall–Kier alpha value is -3.44. The molecule has 0 radical (unpaired) electrons. The van der Waals surface area contributed by atoms with Gasteiger partial charge in [-0.25, -0.2) is 36.2 Å². The molecule has 3 aromatic rings. The fraction of sp³-hybridized carbons (Fsp3) is 0.350. The molecule has 3 atom stereocenters. The highest BCUT2D eigenvalue weighted by atomic mass is 19.3. The van der Waals surface area contributed by atoms with Crippen LogP contribution in [0, 0.1) is 11.6 Å². The van der Waals surface area contributed by atoms with Crippen LogP contribution >= 0.6 is 0 Å². The molecule has 3 heterocycles. The van der Waals surface area contributed by atoms with Crippen LogP contribution < -0.4 is 15.5 Å². The van der Waals surface area contributed by atoms with Crippen LogP contribution in [0.4, 0.5) is 38.3 Å². The maximum atomic E-state index is 14.4. The van der Waals surface area contributed by atoms with E-state index in [0.29, 0.717) is 0 Å². The van der Waals surface area contributed by atoms with Gasteiger partial charge in [0.25, 0.3) is 5.92 Å². The summed E-state index contributed by atoms with van der Waals surface area (Å²) in [6.07, 6.45) is 1.06. The number of anilines is 2. The van der Waals surface area contributed by atoms with Crippen LogP contribution in [-0.2, 0) is 0 Å². The lowest BCUT2D eigenvalue weighted by Crippen LogP contribution is -2.33. The Labute approximate surface area is 178 Å². The fourth-order valence-electron chi connectivity index (χ4n) is 3.90. The lowest BCUT2D eigenvalue weighted by Gasteiger charge is -2.26. The molecule has 1 aliphatic heterocycles. The van der Waals surface area contributed by atoms with Gasteiger partial charge in [0.05, 0.1) is 18.8 Å². The predicted octanol–water partition coefficient (Wildman–Crippen LogP) is 3.83. The van der Waals surface area contributed by atoms with Crippen molar-refractivity contribution in [3.8, 4) is 0 Å². The maximum Gasteiger partial charge on any atom is 0.319 e. The molecule has 12 heteroatoms. The first-order chi connectivity index (χ1) is 15.2. The van der Waals surface area contributed by atoms with Gasteiger partial charge < -0.3 is 15.5 Å². The second kappa shape index (κ2) is 7.31. The van der Waals surface area contributed by atoms with Gasteiger partial charge in [-0.1, -0.05) is 0 Å². The third kappa shape index (κ3) is 3.69. The summed E-state index contributed by atoms with van der Waals surface area (Å²) in [5, 5.41) is 8.63. The average molecular weight is 452 g/mol. The van der Waals surface area contributed by atoms with Gasteiger partial charge in [0, 0.05) is 24.6 Å². The molecule has 7 nitrogen and oxygen atoms in total. The SMILES string of the molecule is O=C(Nc1cnn2ccc(N3C[C@@H](F)C[C@@H]3c3cc(F)ccc3F)nc12)NC1CC1(F)F. The molecule has 2 fully saturated rings. The molecule has 1 unspecified atom stereocenters. The number of carbonyl (C=O) groups excluding carboxylic acids is 1. The van der Waals surface area contributed by atoms with E-state index in [1.165, 1.54) is 27.9 Å². The number of benzene rings is 1. The Bertz CT molecular complexity index is 1200. The standard InChI is InChI=1S/C20H17F5N6O/c21-10-1-2-13(23)12(5-10)15-6-11(22)9-30(15)17-3-4-31-18(29-17)14(8-26-31)27-19(32)28-16-7-20(16,24)25/h1-5,8,11,15-16H,6-7,9H2,(H2,27,28,32)/t11-,15+,16?/m0/s1. The number of alkyl halides is 3. The van der Waals surface area contributed by atoms with E-state index in [-0.39, 0.29) is 35.7 Å². The summed E-state index contributed by atoms with van der Waals surface area (Å²) in [5.41, 5.74) is 0.349. The molecular formula is C20H17F5N6O. The van der Waals surface area contributed by atoms with Crippen molar-refractivity contribution in [2.75, 3.05) is 16.8 Å². The Morgan fingerprint density at radius 3 is 2.75 bits per heavy atom. The van der Waals surface area contributed by atoms with E-state index >= 15 is 0 Å². The molecule has 1 aromatic carbocycles. The number of amides is 2. The highest BCUT2D eigenvalue weighted by molar-refractivity contribution is 5.93. The summed E-state index contributed by atoms with van der Waals surface area (Å²) in [4.78, 5) is 18.0. The number of halogens is 5. The molecule has 32 heavy (non-hydrogen) atoms. The zero-order valence-electron chi connectivity index (χ0n) is 16.4. The number of carbonyl (C=O) groups is 1. The average Bonchev–Trinajstić information content (AvgIpc) is 3.06. The maximum absolute atomic E-state index is 14.4. The number of hydrogen-bond donors (Lipinski definition) is 2. The van der Waals surface area contributed by atoms with Gasteiger partial charge >= 0.3 is 6.03 Å². The third-order valence-electron chi connectivity index (χ3n) is 5.60. The van der Waals surface area contributed by atoms with Gasteiger partial charge in [-0.15, -0.1) is 0 Å². The van der Waals surface area contributed by atoms with E-state index in [4.69, 9.17) is 0 Å². The van der Waals surface area contributed by atoms with Gasteiger partial charge in [0.2, 0.25) is 0 Å². The topological polar surface area (TPSA) is 74.6 Å². The van der Waals surface area contributed by atoms with E-state index in [9.17, 15) is 26.7 Å². The van der Waals surface area contributed by atoms with Gasteiger partial charge in [-0.05, 0) is 24.3 Å². The zero-order valence-corrected chi connectivity index (χ0v) is 16.4. The van der Waals surface area contributed by atoms with Crippen LogP contribution in [0.2, 0.25) is 0 Å². The van der Waals surface area contributed by atoms with Crippen molar-refractivity contribution >= 4 is 23.2 Å².